The summed E-state index contributed by atoms with van der Waals surface area (Å²) >= 11 is 0. The third-order valence-electron chi connectivity index (χ3n) is 3.22. The Morgan fingerprint density at radius 1 is 0.759 bits per heavy atom. The van der Waals surface area contributed by atoms with Crippen LogP contribution in [0.2, 0.25) is 51.4 Å². The first-order chi connectivity index (χ1) is 12.4. The molecule has 0 aliphatic rings. The lowest BCUT2D eigenvalue weighted by Crippen LogP contribution is -2.53. The maximum atomic E-state index is 12.2. The smallest absolute Gasteiger partial charge is 0.389 e. The van der Waals surface area contributed by atoms with E-state index in [-0.39, 0.29) is 6.04 Å². The van der Waals surface area contributed by atoms with Crippen LogP contribution in [0, 0.1) is 0 Å². The maximum absolute atomic E-state index is 12.2. The first-order valence-electron chi connectivity index (χ1n) is 8.73. The standard InChI is InChI=1S/C10H23F3O3Si3.C4H9F3O2Si/c1-7-17(2,3)15-18(4,5)16-19(6,14)9-8-10(11,12)13;1-10(8,9)3-2-4(5,6)7/h7,14H,1,8-9H2,2-6H3;8-9H,2-3H2,1H3. The van der Waals surface area contributed by atoms with Crippen molar-refractivity contribution >= 4 is 34.0 Å². The number of rotatable bonds is 9. The Morgan fingerprint density at radius 3 is 1.41 bits per heavy atom. The van der Waals surface area contributed by atoms with Gasteiger partial charge in [0.2, 0.25) is 0 Å². The van der Waals surface area contributed by atoms with E-state index in [2.05, 4.69) is 6.58 Å². The normalized spacial score (nSPS) is 16.0. The summed E-state index contributed by atoms with van der Waals surface area (Å²) in [6.07, 6.45) is -10.7. The summed E-state index contributed by atoms with van der Waals surface area (Å²) in [6, 6.07) is -0.914. The second-order valence-corrected chi connectivity index (χ2v) is 21.9. The minimum Gasteiger partial charge on any atom is -0.433 e. The molecule has 1 unspecified atom stereocenters. The van der Waals surface area contributed by atoms with Crippen LogP contribution in [0.1, 0.15) is 12.8 Å². The Labute approximate surface area is 172 Å². The zero-order chi connectivity index (χ0) is 23.9. The third-order valence-corrected chi connectivity index (χ3v) is 14.4. The number of halogens is 6. The van der Waals surface area contributed by atoms with Crippen molar-refractivity contribution < 1.29 is 49.0 Å². The summed E-state index contributed by atoms with van der Waals surface area (Å²) in [4.78, 5) is 27.2. The largest absolute Gasteiger partial charge is 0.433 e. The monoisotopic (exact) mass is 506 g/mol. The van der Waals surface area contributed by atoms with Crippen LogP contribution in [0.5, 0.6) is 0 Å². The molecule has 15 heteroatoms. The van der Waals surface area contributed by atoms with E-state index in [1.165, 1.54) is 6.55 Å². The molecule has 1 atom stereocenters. The molecule has 0 aliphatic carbocycles. The molecular weight excluding hydrogens is 474 g/mol. The van der Waals surface area contributed by atoms with Crippen LogP contribution in [0.25, 0.3) is 0 Å². The first kappa shape index (κ1) is 31.2. The van der Waals surface area contributed by atoms with Crippen LogP contribution in [-0.4, -0.2) is 60.7 Å². The van der Waals surface area contributed by atoms with E-state index in [9.17, 15) is 31.1 Å². The number of hydrogen-bond acceptors (Lipinski definition) is 5. The van der Waals surface area contributed by atoms with Crippen molar-refractivity contribution in [3.63, 3.8) is 0 Å². The summed E-state index contributed by atoms with van der Waals surface area (Å²) in [6.45, 7) is 13.4. The highest BCUT2D eigenvalue weighted by Crippen LogP contribution is 2.28. The van der Waals surface area contributed by atoms with Gasteiger partial charge in [-0.3, -0.25) is 0 Å². The minimum absolute atomic E-state index is 0.369. The highest BCUT2D eigenvalue weighted by Gasteiger charge is 2.42. The van der Waals surface area contributed by atoms with Crippen LogP contribution >= 0.6 is 0 Å². The lowest BCUT2D eigenvalue weighted by atomic mass is 10.5. The van der Waals surface area contributed by atoms with Gasteiger partial charge < -0.3 is 22.6 Å². The van der Waals surface area contributed by atoms with Crippen LogP contribution in [-0.2, 0) is 8.23 Å². The van der Waals surface area contributed by atoms with E-state index in [1.807, 2.05) is 13.1 Å². The fourth-order valence-corrected chi connectivity index (χ4v) is 14.1. The zero-order valence-electron chi connectivity index (χ0n) is 17.5. The second kappa shape index (κ2) is 11.0. The number of alkyl halides is 6. The van der Waals surface area contributed by atoms with E-state index in [0.717, 1.165) is 6.55 Å². The third kappa shape index (κ3) is 22.5. The van der Waals surface area contributed by atoms with Crippen LogP contribution in [0.4, 0.5) is 26.3 Å². The van der Waals surface area contributed by atoms with Gasteiger partial charge in [0, 0.05) is 12.8 Å². The van der Waals surface area contributed by atoms with Crippen molar-refractivity contribution in [3.8, 4) is 0 Å². The average molecular weight is 507 g/mol. The van der Waals surface area contributed by atoms with Gasteiger partial charge in [0.05, 0.1) is 0 Å². The molecular formula is C14H32F6O5Si4. The molecule has 29 heavy (non-hydrogen) atoms. The highest BCUT2D eigenvalue weighted by atomic mass is 28.5. The minimum atomic E-state index is -4.28. The predicted molar refractivity (Wildman–Crippen MR) is 108 cm³/mol. The Morgan fingerprint density at radius 2 is 1.14 bits per heavy atom. The second-order valence-electron chi connectivity index (χ2n) is 8.03. The van der Waals surface area contributed by atoms with Gasteiger partial charge >= 0.3 is 38.0 Å². The van der Waals surface area contributed by atoms with E-state index in [0.29, 0.717) is 0 Å². The highest BCUT2D eigenvalue weighted by molar-refractivity contribution is 6.88. The lowest BCUT2D eigenvalue weighted by Gasteiger charge is -2.36. The van der Waals surface area contributed by atoms with E-state index >= 15 is 0 Å². The molecule has 0 aromatic heterocycles. The molecule has 176 valence electrons. The van der Waals surface area contributed by atoms with Gasteiger partial charge in [-0.25, -0.2) is 0 Å². The quantitative estimate of drug-likeness (QED) is 0.313. The first-order valence-corrected chi connectivity index (χ1v) is 19.7. The molecule has 0 aromatic carbocycles. The number of hydrogen-bond donors (Lipinski definition) is 3. The fourth-order valence-electron chi connectivity index (χ4n) is 2.03. The average Bonchev–Trinajstić information content (AvgIpc) is 2.39. The van der Waals surface area contributed by atoms with Crippen LogP contribution < -0.4 is 0 Å². The SMILES string of the molecule is C=C[Si](C)(C)O[Si](C)(C)O[Si](C)(O)CCC(F)(F)F.C[Si](O)(O)CCC(F)(F)F. The molecule has 0 aliphatic heterocycles. The maximum Gasteiger partial charge on any atom is 0.389 e. The van der Waals surface area contributed by atoms with Crippen molar-refractivity contribution in [3.05, 3.63) is 12.3 Å². The van der Waals surface area contributed by atoms with Gasteiger partial charge in [-0.15, -0.1) is 6.58 Å². The van der Waals surface area contributed by atoms with Gasteiger partial charge in [-0.05, 0) is 51.4 Å². The molecule has 0 radical (unpaired) electrons. The Kier molecular flexibility index (Phi) is 11.9. The fraction of sp³-hybridized carbons (Fsp3) is 0.857. The van der Waals surface area contributed by atoms with Gasteiger partial charge in [0.15, 0.2) is 8.32 Å². The lowest BCUT2D eigenvalue weighted by molar-refractivity contribution is -0.132. The molecule has 5 nitrogen and oxygen atoms in total. The van der Waals surface area contributed by atoms with Gasteiger partial charge in [0.1, 0.15) is 0 Å². The molecule has 0 rings (SSSR count). The summed E-state index contributed by atoms with van der Waals surface area (Å²) in [5, 5.41) is 0. The molecule has 0 bridgehead atoms. The summed E-state index contributed by atoms with van der Waals surface area (Å²) in [5.41, 5.74) is 1.73. The van der Waals surface area contributed by atoms with Crippen molar-refractivity contribution in [1.29, 1.82) is 0 Å². The van der Waals surface area contributed by atoms with E-state index < -0.39 is 65.2 Å². The van der Waals surface area contributed by atoms with Gasteiger partial charge in [-0.2, -0.15) is 26.3 Å². The molecule has 0 fully saturated rings. The molecule has 3 N–H and O–H groups in total. The Hall–Kier alpha value is -0.0125. The van der Waals surface area contributed by atoms with Gasteiger partial charge in [-0.1, -0.05) is 5.70 Å². The van der Waals surface area contributed by atoms with Crippen molar-refractivity contribution in [2.45, 2.75) is 76.6 Å². The van der Waals surface area contributed by atoms with Crippen molar-refractivity contribution in [2.75, 3.05) is 0 Å². The van der Waals surface area contributed by atoms with E-state index in [1.54, 1.807) is 18.8 Å². The molecule has 0 heterocycles. The summed E-state index contributed by atoms with van der Waals surface area (Å²) in [7, 11) is -11.6. The predicted octanol–water partition coefficient (Wildman–Crippen LogP) is 4.66. The van der Waals surface area contributed by atoms with Crippen LogP contribution in [0.3, 0.4) is 0 Å². The van der Waals surface area contributed by atoms with Crippen molar-refractivity contribution in [2.24, 2.45) is 0 Å². The Bertz CT molecular complexity index is 490. The van der Waals surface area contributed by atoms with E-state index in [4.69, 9.17) is 17.8 Å². The summed E-state index contributed by atoms with van der Waals surface area (Å²) in [5.74, 6) is 0. The topological polar surface area (TPSA) is 79.2 Å². The van der Waals surface area contributed by atoms with Crippen LogP contribution in [0.15, 0.2) is 12.3 Å². The molecule has 0 amide bonds. The van der Waals surface area contributed by atoms with Crippen molar-refractivity contribution in [1.82, 2.24) is 0 Å². The van der Waals surface area contributed by atoms with Gasteiger partial charge in [0.25, 0.3) is 0 Å². The molecule has 0 saturated heterocycles. The molecule has 0 spiro atoms. The molecule has 0 saturated carbocycles. The molecule has 0 aromatic rings. The Balaban J connectivity index is 0. The zero-order valence-corrected chi connectivity index (χ0v) is 21.5. The summed E-state index contributed by atoms with van der Waals surface area (Å²) < 4.78 is 82.1.